The summed E-state index contributed by atoms with van der Waals surface area (Å²) >= 11 is 0. The lowest BCUT2D eigenvalue weighted by molar-refractivity contribution is -0.170. The first-order chi connectivity index (χ1) is 16.1. The van der Waals surface area contributed by atoms with Crippen molar-refractivity contribution < 1.29 is 4.79 Å². The van der Waals surface area contributed by atoms with Crippen molar-refractivity contribution in [3.05, 3.63) is 41.5 Å². The molecule has 2 nitrogen and oxygen atoms in total. The lowest BCUT2D eigenvalue weighted by Crippen LogP contribution is -2.62. The summed E-state index contributed by atoms with van der Waals surface area (Å²) < 4.78 is 0. The van der Waals surface area contributed by atoms with Crippen molar-refractivity contribution in [2.75, 3.05) is 0 Å². The summed E-state index contributed by atoms with van der Waals surface area (Å²) in [6.07, 6.45) is 17.0. The Morgan fingerprint density at radius 1 is 0.824 bits per heavy atom. The van der Waals surface area contributed by atoms with Crippen LogP contribution in [0.4, 0.5) is 0 Å². The van der Waals surface area contributed by atoms with E-state index in [0.717, 1.165) is 35.5 Å². The van der Waals surface area contributed by atoms with Crippen molar-refractivity contribution in [1.29, 1.82) is 0 Å². The Labute approximate surface area is 207 Å². The van der Waals surface area contributed by atoms with Gasteiger partial charge in [-0.05, 0) is 115 Å². The molecule has 1 aromatic rings. The summed E-state index contributed by atoms with van der Waals surface area (Å²) in [6.45, 7) is 10.4. The van der Waals surface area contributed by atoms with Gasteiger partial charge >= 0.3 is 0 Å². The van der Waals surface area contributed by atoms with Gasteiger partial charge in [0.25, 0.3) is 0 Å². The van der Waals surface area contributed by atoms with E-state index in [1.54, 1.807) is 0 Å². The first kappa shape index (κ1) is 23.0. The molecule has 8 atom stereocenters. The summed E-state index contributed by atoms with van der Waals surface area (Å²) in [4.78, 5) is 11.2. The third kappa shape index (κ3) is 2.99. The Morgan fingerprint density at radius 3 is 2.32 bits per heavy atom. The zero-order valence-electron chi connectivity index (χ0n) is 21.9. The van der Waals surface area contributed by atoms with Crippen LogP contribution in [-0.2, 0) is 0 Å². The molecule has 0 bridgehead atoms. The second kappa shape index (κ2) is 7.55. The fourth-order valence-electron chi connectivity index (χ4n) is 11.1. The zero-order valence-corrected chi connectivity index (χ0v) is 21.9. The van der Waals surface area contributed by atoms with E-state index >= 15 is 0 Å². The Hall–Kier alpha value is -1.41. The number of hydrogen-bond acceptors (Lipinski definition) is 2. The van der Waals surface area contributed by atoms with Crippen molar-refractivity contribution in [2.24, 2.45) is 51.6 Å². The molecule has 0 radical (unpaired) electrons. The third-order valence-electron chi connectivity index (χ3n) is 12.5. The monoisotopic (exact) mass is 459 g/mol. The van der Waals surface area contributed by atoms with Crippen LogP contribution in [0.3, 0.4) is 0 Å². The van der Waals surface area contributed by atoms with E-state index in [1.165, 1.54) is 75.3 Å². The minimum absolute atomic E-state index is 0.151. The molecule has 0 aliphatic heterocycles. The van der Waals surface area contributed by atoms with Crippen molar-refractivity contribution in [3.8, 4) is 0 Å². The van der Waals surface area contributed by atoms with E-state index in [0.29, 0.717) is 16.7 Å². The normalized spacial score (nSPS) is 47.0. The molecule has 2 N–H and O–H groups in total. The van der Waals surface area contributed by atoms with Gasteiger partial charge in [-0.2, -0.15) is 0 Å². The molecule has 2 heteroatoms. The second-order valence-corrected chi connectivity index (χ2v) is 14.1. The Kier molecular flexibility index (Phi) is 5.11. The number of carbonyl (C=O) groups is 1. The molecule has 6 rings (SSSR count). The molecular formula is C32H45NO. The highest BCUT2D eigenvalue weighted by Crippen LogP contribution is 2.72. The lowest BCUT2D eigenvalue weighted by Gasteiger charge is -2.68. The van der Waals surface area contributed by atoms with Crippen LogP contribution in [0.2, 0.25) is 0 Å². The van der Waals surface area contributed by atoms with Gasteiger partial charge in [-0.25, -0.2) is 0 Å². The molecule has 0 heterocycles. The standard InChI is InChI=1S/C32H45NO/c1-29(2)24(22-9-7-21(20-34)8-10-22)13-17-31(4)27(29)15-18-30(3)25-14-19-32(33)16-5-6-26(32)23(25)11-12-28(30)31/h7-10,13,20,23,25-28H,5-6,11-12,14-19,33H2,1-4H3/t23?,25?,26-,27?,28?,30?,31?,32?/m1/s1. The van der Waals surface area contributed by atoms with E-state index in [-0.39, 0.29) is 11.0 Å². The van der Waals surface area contributed by atoms with Crippen molar-refractivity contribution in [2.45, 2.75) is 97.4 Å². The van der Waals surface area contributed by atoms with Crippen LogP contribution in [-0.4, -0.2) is 11.8 Å². The molecule has 1 aromatic carbocycles. The smallest absolute Gasteiger partial charge is 0.150 e. The number of rotatable bonds is 2. The van der Waals surface area contributed by atoms with E-state index in [4.69, 9.17) is 5.73 Å². The molecule has 0 spiro atoms. The number of allylic oxidation sites excluding steroid dienone is 2. The highest BCUT2D eigenvalue weighted by atomic mass is 16.1. The van der Waals surface area contributed by atoms with Crippen LogP contribution in [0.15, 0.2) is 30.3 Å². The number of nitrogens with two attached hydrogens (primary N) is 1. The number of aldehydes is 1. The quantitative estimate of drug-likeness (QED) is 0.461. The van der Waals surface area contributed by atoms with Gasteiger partial charge in [0, 0.05) is 11.1 Å². The molecule has 5 aliphatic rings. The molecule has 4 fully saturated rings. The molecule has 5 aliphatic carbocycles. The molecule has 0 aromatic heterocycles. The maximum Gasteiger partial charge on any atom is 0.150 e. The molecule has 0 saturated heterocycles. The first-order valence-electron chi connectivity index (χ1n) is 14.2. The van der Waals surface area contributed by atoms with Crippen molar-refractivity contribution in [1.82, 2.24) is 0 Å². The SMILES string of the molecule is CC1(C)C(c2ccc(C=O)cc2)=CCC2(C)C1CCC1(C)C3CCC4(N)CCC[C@@H]4C3CCC12. The average molecular weight is 460 g/mol. The molecule has 184 valence electrons. The molecule has 0 amide bonds. The molecular weight excluding hydrogens is 414 g/mol. The van der Waals surface area contributed by atoms with Gasteiger partial charge in [-0.1, -0.05) is 64.5 Å². The van der Waals surface area contributed by atoms with Crippen LogP contribution in [0, 0.1) is 45.8 Å². The second-order valence-electron chi connectivity index (χ2n) is 14.1. The van der Waals surface area contributed by atoms with Crippen LogP contribution in [0.25, 0.3) is 5.57 Å². The summed E-state index contributed by atoms with van der Waals surface area (Å²) in [5.41, 5.74) is 11.8. The Bertz CT molecular complexity index is 1010. The maximum atomic E-state index is 11.2. The first-order valence-corrected chi connectivity index (χ1v) is 14.2. The average Bonchev–Trinajstić information content (AvgIpc) is 3.20. The van der Waals surface area contributed by atoms with Crippen molar-refractivity contribution in [3.63, 3.8) is 0 Å². The van der Waals surface area contributed by atoms with E-state index in [2.05, 4.69) is 45.9 Å². The maximum absolute atomic E-state index is 11.2. The largest absolute Gasteiger partial charge is 0.325 e. The van der Waals surface area contributed by atoms with E-state index < -0.39 is 0 Å². The lowest BCUT2D eigenvalue weighted by atomic mass is 9.37. The fourth-order valence-corrected chi connectivity index (χ4v) is 11.1. The summed E-state index contributed by atoms with van der Waals surface area (Å²) in [5.74, 6) is 4.08. The number of hydrogen-bond donors (Lipinski definition) is 1. The topological polar surface area (TPSA) is 43.1 Å². The summed E-state index contributed by atoms with van der Waals surface area (Å²) in [6, 6.07) is 8.30. The van der Waals surface area contributed by atoms with Gasteiger partial charge in [-0.3, -0.25) is 4.79 Å². The number of fused-ring (bicyclic) bond motifs is 7. The minimum Gasteiger partial charge on any atom is -0.325 e. The number of carbonyl (C=O) groups excluding carboxylic acids is 1. The number of benzene rings is 1. The van der Waals surface area contributed by atoms with Gasteiger partial charge in [0.05, 0.1) is 0 Å². The predicted octanol–water partition coefficient (Wildman–Crippen LogP) is 7.67. The van der Waals surface area contributed by atoms with E-state index in [9.17, 15) is 4.79 Å². The third-order valence-corrected chi connectivity index (χ3v) is 12.5. The van der Waals surface area contributed by atoms with Crippen LogP contribution >= 0.6 is 0 Å². The Morgan fingerprint density at radius 2 is 1.59 bits per heavy atom. The van der Waals surface area contributed by atoms with Crippen LogP contribution in [0.1, 0.15) is 108 Å². The summed E-state index contributed by atoms with van der Waals surface area (Å²) in [7, 11) is 0. The minimum atomic E-state index is 0.151. The highest BCUT2D eigenvalue weighted by Gasteiger charge is 2.65. The molecule has 34 heavy (non-hydrogen) atoms. The van der Waals surface area contributed by atoms with Gasteiger partial charge in [0.1, 0.15) is 6.29 Å². The Balaban J connectivity index is 1.33. The highest BCUT2D eigenvalue weighted by molar-refractivity contribution is 5.78. The van der Waals surface area contributed by atoms with Gasteiger partial charge in [0.15, 0.2) is 0 Å². The summed E-state index contributed by atoms with van der Waals surface area (Å²) in [5, 5.41) is 0. The fraction of sp³-hybridized carbons (Fsp3) is 0.719. The van der Waals surface area contributed by atoms with Crippen LogP contribution < -0.4 is 5.73 Å². The van der Waals surface area contributed by atoms with Gasteiger partial charge in [-0.15, -0.1) is 0 Å². The van der Waals surface area contributed by atoms with Crippen molar-refractivity contribution >= 4 is 11.9 Å². The van der Waals surface area contributed by atoms with Gasteiger partial charge < -0.3 is 5.73 Å². The van der Waals surface area contributed by atoms with Gasteiger partial charge in [0.2, 0.25) is 0 Å². The van der Waals surface area contributed by atoms with E-state index in [1.807, 2.05) is 12.1 Å². The predicted molar refractivity (Wildman–Crippen MR) is 140 cm³/mol. The van der Waals surface area contributed by atoms with Crippen LogP contribution in [0.5, 0.6) is 0 Å². The molecule has 4 saturated carbocycles. The zero-order chi connectivity index (χ0) is 23.9. The molecule has 7 unspecified atom stereocenters.